The zero-order valence-corrected chi connectivity index (χ0v) is 13.1. The number of nitrogens with zero attached hydrogens (tertiary/aromatic N) is 2. The van der Waals surface area contributed by atoms with E-state index < -0.39 is 0 Å². The zero-order valence-electron chi connectivity index (χ0n) is 13.1. The Hall–Kier alpha value is -0.940. The molecule has 5 nitrogen and oxygen atoms in total. The van der Waals surface area contributed by atoms with Crippen LogP contribution in [0, 0.1) is 5.92 Å². The molecule has 1 aromatic rings. The van der Waals surface area contributed by atoms with E-state index in [0.717, 1.165) is 50.3 Å². The Morgan fingerprint density at radius 2 is 2.15 bits per heavy atom. The van der Waals surface area contributed by atoms with Gasteiger partial charge in [0.15, 0.2) is 0 Å². The fourth-order valence-electron chi connectivity index (χ4n) is 2.93. The van der Waals surface area contributed by atoms with Gasteiger partial charge in [0.25, 0.3) is 0 Å². The molecule has 1 atom stereocenters. The van der Waals surface area contributed by atoms with Gasteiger partial charge < -0.3 is 14.6 Å². The molecule has 1 heterocycles. The highest BCUT2D eigenvalue weighted by molar-refractivity contribution is 5.04. The van der Waals surface area contributed by atoms with E-state index in [-0.39, 0.29) is 5.60 Å². The predicted octanol–water partition coefficient (Wildman–Crippen LogP) is 2.66. The van der Waals surface area contributed by atoms with Crippen molar-refractivity contribution >= 4 is 0 Å². The summed E-state index contributed by atoms with van der Waals surface area (Å²) in [4.78, 5) is 4.59. The highest BCUT2D eigenvalue weighted by Crippen LogP contribution is 2.40. The minimum absolute atomic E-state index is 0.338. The molecule has 0 aromatic carbocycles. The Bertz CT molecular complexity index is 407. The summed E-state index contributed by atoms with van der Waals surface area (Å²) in [5, 5.41) is 7.45. The molecule has 1 N–H and O–H groups in total. The van der Waals surface area contributed by atoms with Gasteiger partial charge in [-0.15, -0.1) is 0 Å². The van der Waals surface area contributed by atoms with Crippen molar-refractivity contribution in [3.8, 4) is 0 Å². The molecule has 1 saturated carbocycles. The molecule has 0 radical (unpaired) electrons. The summed E-state index contributed by atoms with van der Waals surface area (Å²) >= 11 is 0. The summed E-state index contributed by atoms with van der Waals surface area (Å²) in [7, 11) is 3.72. The molecule has 0 spiro atoms. The van der Waals surface area contributed by atoms with Gasteiger partial charge in [-0.3, -0.25) is 0 Å². The molecule has 1 aliphatic carbocycles. The van der Waals surface area contributed by atoms with Crippen LogP contribution in [0.5, 0.6) is 0 Å². The standard InChI is InChI=1S/C15H27N3O2/c1-5-12(16-3)10-13-17-14(18-20-13)15(19-4)8-6-11(2)7-9-15/h11-12,16H,5-10H2,1-4H3. The lowest BCUT2D eigenvalue weighted by Crippen LogP contribution is -2.34. The van der Waals surface area contributed by atoms with Gasteiger partial charge in [-0.1, -0.05) is 19.0 Å². The van der Waals surface area contributed by atoms with E-state index >= 15 is 0 Å². The van der Waals surface area contributed by atoms with Gasteiger partial charge in [0.05, 0.1) is 0 Å². The summed E-state index contributed by atoms with van der Waals surface area (Å²) in [6, 6.07) is 0.383. The molecule has 1 unspecified atom stereocenters. The fraction of sp³-hybridized carbons (Fsp3) is 0.867. The third-order valence-electron chi connectivity index (χ3n) is 4.67. The number of nitrogens with one attached hydrogen (secondary N) is 1. The second-order valence-corrected chi connectivity index (χ2v) is 5.99. The second kappa shape index (κ2) is 6.68. The SMILES string of the molecule is CCC(Cc1nc(C2(OC)CCC(C)CC2)no1)NC. The zero-order chi connectivity index (χ0) is 14.6. The lowest BCUT2D eigenvalue weighted by Gasteiger charge is -2.35. The van der Waals surface area contributed by atoms with Crippen molar-refractivity contribution in [2.75, 3.05) is 14.2 Å². The normalized spacial score (nSPS) is 28.5. The summed E-state index contributed by atoms with van der Waals surface area (Å²) in [5.74, 6) is 2.20. The van der Waals surface area contributed by atoms with Crippen LogP contribution in [0.25, 0.3) is 0 Å². The number of methoxy groups -OCH3 is 1. The first kappa shape index (κ1) is 15.4. The topological polar surface area (TPSA) is 60.2 Å². The minimum atomic E-state index is -0.338. The van der Waals surface area contributed by atoms with E-state index in [9.17, 15) is 0 Å². The van der Waals surface area contributed by atoms with Gasteiger partial charge in [-0.05, 0) is 45.1 Å². The maximum atomic E-state index is 5.78. The maximum Gasteiger partial charge on any atom is 0.228 e. The minimum Gasteiger partial charge on any atom is -0.370 e. The van der Waals surface area contributed by atoms with Crippen LogP contribution in [0.1, 0.15) is 57.7 Å². The first-order valence-electron chi connectivity index (χ1n) is 7.69. The van der Waals surface area contributed by atoms with Crippen LogP contribution >= 0.6 is 0 Å². The molecule has 20 heavy (non-hydrogen) atoms. The predicted molar refractivity (Wildman–Crippen MR) is 77.5 cm³/mol. The Kier molecular flexibility index (Phi) is 5.16. The van der Waals surface area contributed by atoms with Crippen molar-refractivity contribution < 1.29 is 9.26 Å². The molecule has 0 bridgehead atoms. The van der Waals surface area contributed by atoms with Crippen molar-refractivity contribution in [3.05, 3.63) is 11.7 Å². The van der Waals surface area contributed by atoms with E-state index in [2.05, 4.69) is 29.3 Å². The number of ether oxygens (including phenoxy) is 1. The lowest BCUT2D eigenvalue weighted by molar-refractivity contribution is -0.0609. The molecule has 0 aliphatic heterocycles. The van der Waals surface area contributed by atoms with Crippen molar-refractivity contribution in [1.82, 2.24) is 15.5 Å². The summed E-state index contributed by atoms with van der Waals surface area (Å²) < 4.78 is 11.2. The summed E-state index contributed by atoms with van der Waals surface area (Å²) in [5.41, 5.74) is -0.338. The summed E-state index contributed by atoms with van der Waals surface area (Å²) in [6.07, 6.45) is 6.09. The van der Waals surface area contributed by atoms with Gasteiger partial charge in [-0.25, -0.2) is 0 Å². The lowest BCUT2D eigenvalue weighted by atomic mass is 9.79. The Morgan fingerprint density at radius 3 is 2.70 bits per heavy atom. The van der Waals surface area contributed by atoms with E-state index in [1.807, 2.05) is 7.05 Å². The van der Waals surface area contributed by atoms with E-state index in [0.29, 0.717) is 11.9 Å². The van der Waals surface area contributed by atoms with Crippen LogP contribution in [-0.2, 0) is 16.8 Å². The molecule has 1 fully saturated rings. The molecular weight excluding hydrogens is 254 g/mol. The number of aromatic nitrogens is 2. The van der Waals surface area contributed by atoms with Crippen molar-refractivity contribution in [1.29, 1.82) is 0 Å². The number of hydrogen-bond donors (Lipinski definition) is 1. The van der Waals surface area contributed by atoms with Crippen LogP contribution in [0.4, 0.5) is 0 Å². The molecule has 114 valence electrons. The second-order valence-electron chi connectivity index (χ2n) is 5.99. The first-order valence-corrected chi connectivity index (χ1v) is 7.69. The number of rotatable bonds is 6. The molecule has 5 heteroatoms. The van der Waals surface area contributed by atoms with Gasteiger partial charge >= 0.3 is 0 Å². The van der Waals surface area contributed by atoms with Gasteiger partial charge in [0, 0.05) is 19.6 Å². The van der Waals surface area contributed by atoms with Crippen molar-refractivity contribution in [3.63, 3.8) is 0 Å². The number of hydrogen-bond acceptors (Lipinski definition) is 5. The quantitative estimate of drug-likeness (QED) is 0.868. The third kappa shape index (κ3) is 3.20. The molecular formula is C15H27N3O2. The van der Waals surface area contributed by atoms with Crippen LogP contribution < -0.4 is 5.32 Å². The molecule has 1 aromatic heterocycles. The fourth-order valence-corrected chi connectivity index (χ4v) is 2.93. The monoisotopic (exact) mass is 281 g/mol. The van der Waals surface area contributed by atoms with Crippen molar-refractivity contribution in [2.45, 2.75) is 64.0 Å². The molecule has 0 saturated heterocycles. The van der Waals surface area contributed by atoms with E-state index in [4.69, 9.17) is 9.26 Å². The molecule has 2 rings (SSSR count). The Balaban J connectivity index is 2.10. The van der Waals surface area contributed by atoms with Crippen LogP contribution in [0.2, 0.25) is 0 Å². The largest absolute Gasteiger partial charge is 0.370 e. The molecule has 0 amide bonds. The Morgan fingerprint density at radius 1 is 1.45 bits per heavy atom. The van der Waals surface area contributed by atoms with Gasteiger partial charge in [0.2, 0.25) is 11.7 Å². The van der Waals surface area contributed by atoms with Crippen LogP contribution in [-0.4, -0.2) is 30.3 Å². The Labute approximate surface area is 121 Å². The highest BCUT2D eigenvalue weighted by atomic mass is 16.5. The van der Waals surface area contributed by atoms with E-state index in [1.54, 1.807) is 7.11 Å². The van der Waals surface area contributed by atoms with Gasteiger partial charge in [0.1, 0.15) is 5.60 Å². The highest BCUT2D eigenvalue weighted by Gasteiger charge is 2.40. The van der Waals surface area contributed by atoms with Crippen LogP contribution in [0.3, 0.4) is 0 Å². The summed E-state index contributed by atoms with van der Waals surface area (Å²) in [6.45, 7) is 4.44. The smallest absolute Gasteiger partial charge is 0.228 e. The number of likely N-dealkylation sites (N-methyl/N-ethyl adjacent to an activating group) is 1. The maximum absolute atomic E-state index is 5.78. The average molecular weight is 281 g/mol. The third-order valence-corrected chi connectivity index (χ3v) is 4.67. The van der Waals surface area contributed by atoms with Gasteiger partial charge in [-0.2, -0.15) is 4.98 Å². The average Bonchev–Trinajstić information content (AvgIpc) is 2.95. The van der Waals surface area contributed by atoms with Crippen LogP contribution in [0.15, 0.2) is 4.52 Å². The molecule has 1 aliphatic rings. The van der Waals surface area contributed by atoms with E-state index in [1.165, 1.54) is 0 Å². The first-order chi connectivity index (χ1) is 9.63. The van der Waals surface area contributed by atoms with Crippen molar-refractivity contribution in [2.24, 2.45) is 5.92 Å².